The maximum atomic E-state index is 5.91. The number of likely N-dealkylation sites (N-methyl/N-ethyl adjacent to an activating group) is 1. The maximum Gasteiger partial charge on any atom is 0.204 e. The molecule has 0 unspecified atom stereocenters. The number of aliphatic imine (C=N–C) groups is 1. The summed E-state index contributed by atoms with van der Waals surface area (Å²) in [4.78, 5) is 9.25. The molecule has 0 aliphatic carbocycles. The lowest BCUT2D eigenvalue weighted by molar-refractivity contribution is 0.227. The lowest BCUT2D eigenvalue weighted by Gasteiger charge is -2.39. The first-order chi connectivity index (χ1) is 16.1. The van der Waals surface area contributed by atoms with Gasteiger partial charge in [0.25, 0.3) is 0 Å². The second-order valence-electron chi connectivity index (χ2n) is 8.60. The number of fused-ring (bicyclic) bond motifs is 3. The van der Waals surface area contributed by atoms with Crippen LogP contribution >= 0.6 is 0 Å². The SMILES string of the molecule is CCOc1cc2c(cc1OC)[C@H]1CN(C)CC[C@H]1N=C2c1ccc(-c2nnn(CC)n2)cc1. The third kappa shape index (κ3) is 3.99. The summed E-state index contributed by atoms with van der Waals surface area (Å²) in [5.74, 6) is 2.52. The zero-order valence-electron chi connectivity index (χ0n) is 19.7. The Kier molecular flexibility index (Phi) is 5.85. The molecule has 3 aromatic rings. The van der Waals surface area contributed by atoms with Gasteiger partial charge in [-0.2, -0.15) is 4.80 Å². The molecule has 0 bridgehead atoms. The fraction of sp³-hybridized carbons (Fsp3) is 0.440. The van der Waals surface area contributed by atoms with E-state index in [1.165, 1.54) is 5.56 Å². The molecule has 8 heteroatoms. The Morgan fingerprint density at radius 2 is 1.85 bits per heavy atom. The van der Waals surface area contributed by atoms with Crippen molar-refractivity contribution in [3.8, 4) is 22.9 Å². The predicted molar refractivity (Wildman–Crippen MR) is 127 cm³/mol. The number of tetrazole rings is 1. The number of aromatic nitrogens is 4. The van der Waals surface area contributed by atoms with Crippen LogP contribution in [-0.4, -0.2) is 70.7 Å². The Balaban J connectivity index is 1.57. The summed E-state index contributed by atoms with van der Waals surface area (Å²) >= 11 is 0. The molecule has 0 saturated carbocycles. The highest BCUT2D eigenvalue weighted by Gasteiger charge is 2.36. The van der Waals surface area contributed by atoms with Crippen molar-refractivity contribution in [2.75, 3.05) is 33.9 Å². The van der Waals surface area contributed by atoms with Crippen LogP contribution in [0.3, 0.4) is 0 Å². The van der Waals surface area contributed by atoms with Crippen LogP contribution in [0.5, 0.6) is 11.5 Å². The minimum atomic E-state index is 0.261. The van der Waals surface area contributed by atoms with E-state index in [4.69, 9.17) is 14.5 Å². The summed E-state index contributed by atoms with van der Waals surface area (Å²) in [5.41, 5.74) is 5.44. The van der Waals surface area contributed by atoms with Gasteiger partial charge in [0.1, 0.15) is 0 Å². The molecule has 2 aliphatic heterocycles. The number of rotatable bonds is 6. The summed E-state index contributed by atoms with van der Waals surface area (Å²) in [6.45, 7) is 7.30. The van der Waals surface area contributed by atoms with E-state index in [1.807, 2.05) is 26.0 Å². The third-order valence-corrected chi connectivity index (χ3v) is 6.52. The first-order valence-electron chi connectivity index (χ1n) is 11.6. The first-order valence-corrected chi connectivity index (χ1v) is 11.6. The molecule has 172 valence electrons. The predicted octanol–water partition coefficient (Wildman–Crippen LogP) is 3.41. The van der Waals surface area contributed by atoms with Crippen LogP contribution in [0, 0.1) is 0 Å². The Bertz CT molecular complexity index is 1170. The molecule has 0 amide bonds. The van der Waals surface area contributed by atoms with Gasteiger partial charge in [-0.25, -0.2) is 0 Å². The van der Waals surface area contributed by atoms with Crippen molar-refractivity contribution in [1.82, 2.24) is 25.1 Å². The fourth-order valence-corrected chi connectivity index (χ4v) is 4.81. The average molecular weight is 447 g/mol. The molecule has 3 heterocycles. The number of piperidine rings is 1. The molecule has 8 nitrogen and oxygen atoms in total. The second kappa shape index (κ2) is 8.94. The lowest BCUT2D eigenvalue weighted by atomic mass is 9.79. The molecule has 0 radical (unpaired) electrons. The van der Waals surface area contributed by atoms with Gasteiger partial charge in [-0.15, -0.1) is 10.2 Å². The zero-order chi connectivity index (χ0) is 22.9. The summed E-state index contributed by atoms with van der Waals surface area (Å²) in [5, 5.41) is 12.7. The van der Waals surface area contributed by atoms with Crippen molar-refractivity contribution in [2.45, 2.75) is 38.8 Å². The van der Waals surface area contributed by atoms with Gasteiger partial charge < -0.3 is 14.4 Å². The maximum absolute atomic E-state index is 5.91. The van der Waals surface area contributed by atoms with E-state index in [0.29, 0.717) is 24.9 Å². The smallest absolute Gasteiger partial charge is 0.204 e. The van der Waals surface area contributed by atoms with Crippen molar-refractivity contribution in [1.29, 1.82) is 0 Å². The van der Waals surface area contributed by atoms with Crippen molar-refractivity contribution < 1.29 is 9.47 Å². The standard InChI is InChI=1S/C25H30N6O2/c1-5-31-28-25(27-29-31)17-9-7-16(8-10-17)24-19-14-23(33-6-2)22(32-4)13-18(19)20-15-30(3)12-11-21(20)26-24/h7-10,13-14,20-21H,5-6,11-12,15H2,1-4H3/t20-,21-/m1/s1. The summed E-state index contributed by atoms with van der Waals surface area (Å²) < 4.78 is 11.6. The fourth-order valence-electron chi connectivity index (χ4n) is 4.81. The Labute approximate surface area is 194 Å². The van der Waals surface area contributed by atoms with E-state index in [2.05, 4.69) is 51.6 Å². The molecule has 1 saturated heterocycles. The lowest BCUT2D eigenvalue weighted by Crippen LogP contribution is -2.41. The molecule has 33 heavy (non-hydrogen) atoms. The number of benzene rings is 2. The van der Waals surface area contributed by atoms with Crippen molar-refractivity contribution in [3.63, 3.8) is 0 Å². The molecule has 0 N–H and O–H groups in total. The van der Waals surface area contributed by atoms with E-state index in [1.54, 1.807) is 11.9 Å². The van der Waals surface area contributed by atoms with Crippen LogP contribution in [0.4, 0.5) is 0 Å². The van der Waals surface area contributed by atoms with E-state index < -0.39 is 0 Å². The van der Waals surface area contributed by atoms with Crippen LogP contribution in [-0.2, 0) is 6.54 Å². The normalized spacial score (nSPS) is 20.1. The van der Waals surface area contributed by atoms with Gasteiger partial charge >= 0.3 is 0 Å². The summed E-state index contributed by atoms with van der Waals surface area (Å²) in [6, 6.07) is 12.8. The topological polar surface area (TPSA) is 77.7 Å². The third-order valence-electron chi connectivity index (χ3n) is 6.52. The van der Waals surface area contributed by atoms with Gasteiger partial charge in [0.05, 0.1) is 32.0 Å². The molecule has 2 aromatic carbocycles. The van der Waals surface area contributed by atoms with E-state index in [9.17, 15) is 0 Å². The summed E-state index contributed by atoms with van der Waals surface area (Å²) in [7, 11) is 3.89. The quantitative estimate of drug-likeness (QED) is 0.578. The number of nitrogens with zero attached hydrogens (tertiary/aromatic N) is 6. The van der Waals surface area contributed by atoms with Crippen molar-refractivity contribution in [3.05, 3.63) is 53.1 Å². The van der Waals surface area contributed by atoms with Crippen molar-refractivity contribution in [2.24, 2.45) is 4.99 Å². The van der Waals surface area contributed by atoms with Crippen LogP contribution in [0.15, 0.2) is 41.4 Å². The number of methoxy groups -OCH3 is 1. The van der Waals surface area contributed by atoms with Crippen LogP contribution < -0.4 is 9.47 Å². The molecule has 2 atom stereocenters. The highest BCUT2D eigenvalue weighted by Crippen LogP contribution is 2.42. The van der Waals surface area contributed by atoms with Crippen LogP contribution in [0.1, 0.15) is 42.9 Å². The number of ether oxygens (including phenoxy) is 2. The highest BCUT2D eigenvalue weighted by molar-refractivity contribution is 6.15. The van der Waals surface area contributed by atoms with Crippen LogP contribution in [0.2, 0.25) is 0 Å². The van der Waals surface area contributed by atoms with E-state index in [-0.39, 0.29) is 6.04 Å². The number of likely N-dealkylation sites (tertiary alicyclic amines) is 1. The molecular weight excluding hydrogens is 416 g/mol. The molecule has 5 rings (SSSR count). The minimum Gasteiger partial charge on any atom is -0.493 e. The van der Waals surface area contributed by atoms with Gasteiger partial charge in [0, 0.05) is 29.2 Å². The molecule has 0 spiro atoms. The largest absolute Gasteiger partial charge is 0.493 e. The summed E-state index contributed by atoms with van der Waals surface area (Å²) in [6.07, 6.45) is 1.04. The van der Waals surface area contributed by atoms with E-state index >= 15 is 0 Å². The number of hydrogen-bond acceptors (Lipinski definition) is 7. The monoisotopic (exact) mass is 446 g/mol. The van der Waals surface area contributed by atoms with Gasteiger partial charge in [-0.3, -0.25) is 4.99 Å². The molecule has 1 fully saturated rings. The zero-order valence-corrected chi connectivity index (χ0v) is 19.7. The highest BCUT2D eigenvalue weighted by atomic mass is 16.5. The Hall–Kier alpha value is -3.26. The van der Waals surface area contributed by atoms with Crippen molar-refractivity contribution >= 4 is 5.71 Å². The van der Waals surface area contributed by atoms with Gasteiger partial charge in [0.2, 0.25) is 5.82 Å². The number of hydrogen-bond donors (Lipinski definition) is 0. The second-order valence-corrected chi connectivity index (χ2v) is 8.60. The van der Waals surface area contributed by atoms with Gasteiger partial charge in [0.15, 0.2) is 11.5 Å². The molecule has 2 aliphatic rings. The van der Waals surface area contributed by atoms with E-state index in [0.717, 1.165) is 53.4 Å². The Morgan fingerprint density at radius 1 is 1.06 bits per heavy atom. The number of aryl methyl sites for hydroxylation is 1. The molecule has 1 aromatic heterocycles. The molecular formula is C25H30N6O2. The van der Waals surface area contributed by atoms with Gasteiger partial charge in [-0.1, -0.05) is 24.3 Å². The van der Waals surface area contributed by atoms with Crippen LogP contribution in [0.25, 0.3) is 11.4 Å². The van der Waals surface area contributed by atoms with Gasteiger partial charge in [-0.05, 0) is 56.8 Å². The first kappa shape index (κ1) is 21.6. The minimum absolute atomic E-state index is 0.261. The Morgan fingerprint density at radius 3 is 2.55 bits per heavy atom. The average Bonchev–Trinajstić information content (AvgIpc) is 3.33.